The van der Waals surface area contributed by atoms with E-state index in [-0.39, 0.29) is 11.9 Å². The fraction of sp³-hybridized carbons (Fsp3) is 0.389. The topological polar surface area (TPSA) is 53.7 Å². The van der Waals surface area contributed by atoms with Crippen molar-refractivity contribution in [1.29, 1.82) is 0 Å². The molecule has 0 aliphatic carbocycles. The quantitative estimate of drug-likeness (QED) is 0.885. The molecular formula is C18H21NO3. The molecule has 1 aromatic carbocycles. The minimum absolute atomic E-state index is 0.0786. The Labute approximate surface area is 130 Å². The number of amides is 1. The highest BCUT2D eigenvalue weighted by Crippen LogP contribution is 2.27. The van der Waals surface area contributed by atoms with Gasteiger partial charge in [-0.3, -0.25) is 4.79 Å². The summed E-state index contributed by atoms with van der Waals surface area (Å²) >= 11 is 0. The van der Waals surface area contributed by atoms with E-state index in [9.17, 15) is 9.90 Å². The summed E-state index contributed by atoms with van der Waals surface area (Å²) in [4.78, 5) is 14.1. The summed E-state index contributed by atoms with van der Waals surface area (Å²) in [5.74, 6) is 0.582. The van der Waals surface area contributed by atoms with Gasteiger partial charge in [-0.25, -0.2) is 0 Å². The van der Waals surface area contributed by atoms with Crippen LogP contribution in [0.4, 0.5) is 0 Å². The van der Waals surface area contributed by atoms with E-state index < -0.39 is 5.60 Å². The van der Waals surface area contributed by atoms with Crippen LogP contribution in [-0.2, 0) is 4.79 Å². The number of carbonyl (C=O) groups is 1. The Hall–Kier alpha value is -2.07. The maximum absolute atomic E-state index is 12.4. The average Bonchev–Trinajstić information content (AvgIpc) is 3.10. The van der Waals surface area contributed by atoms with Crippen LogP contribution in [0, 0.1) is 0 Å². The second-order valence-corrected chi connectivity index (χ2v) is 6.36. The van der Waals surface area contributed by atoms with Crippen molar-refractivity contribution in [3.8, 4) is 0 Å². The monoisotopic (exact) mass is 299 g/mol. The van der Waals surface area contributed by atoms with E-state index in [0.29, 0.717) is 12.3 Å². The highest BCUT2D eigenvalue weighted by molar-refractivity contribution is 5.92. The predicted molar refractivity (Wildman–Crippen MR) is 86.3 cm³/mol. The number of aliphatic hydroxyl groups is 1. The number of hydrogen-bond donors (Lipinski definition) is 1. The van der Waals surface area contributed by atoms with Crippen molar-refractivity contribution >= 4 is 23.0 Å². The summed E-state index contributed by atoms with van der Waals surface area (Å²) in [6, 6.07) is 9.54. The Kier molecular flexibility index (Phi) is 3.79. The number of nitrogens with zero attached hydrogens (tertiary/aromatic N) is 1. The van der Waals surface area contributed by atoms with Crippen LogP contribution in [0.2, 0.25) is 0 Å². The summed E-state index contributed by atoms with van der Waals surface area (Å²) < 4.78 is 5.67. The standard InChI is InChI=1S/C18H21NO3/c1-18(2,21)16-8-5-11-19(16)17(20)10-9-14-12-13-6-3-4-7-15(13)22-14/h3-4,6-7,9-10,12,16,21H,5,8,11H2,1-2H3/b10-9+. The van der Waals surface area contributed by atoms with Crippen molar-refractivity contribution in [2.75, 3.05) is 6.54 Å². The van der Waals surface area contributed by atoms with Gasteiger partial charge < -0.3 is 14.4 Å². The van der Waals surface area contributed by atoms with Crippen molar-refractivity contribution in [2.45, 2.75) is 38.3 Å². The zero-order valence-corrected chi connectivity index (χ0v) is 13.0. The van der Waals surface area contributed by atoms with E-state index in [0.717, 1.165) is 23.8 Å². The second-order valence-electron chi connectivity index (χ2n) is 6.36. The molecule has 1 aromatic heterocycles. The van der Waals surface area contributed by atoms with Crippen LogP contribution in [-0.4, -0.2) is 34.1 Å². The molecule has 1 N–H and O–H groups in total. The Morgan fingerprint density at radius 1 is 1.41 bits per heavy atom. The molecule has 2 heterocycles. The summed E-state index contributed by atoms with van der Waals surface area (Å²) in [6.45, 7) is 4.20. The number of hydrogen-bond acceptors (Lipinski definition) is 3. The molecule has 116 valence electrons. The minimum atomic E-state index is -0.876. The third kappa shape index (κ3) is 2.92. The molecule has 1 fully saturated rings. The van der Waals surface area contributed by atoms with E-state index in [1.54, 1.807) is 24.8 Å². The van der Waals surface area contributed by atoms with Gasteiger partial charge in [-0.1, -0.05) is 18.2 Å². The van der Waals surface area contributed by atoms with Gasteiger partial charge in [0.25, 0.3) is 0 Å². The van der Waals surface area contributed by atoms with E-state index in [1.807, 2.05) is 30.3 Å². The number of likely N-dealkylation sites (tertiary alicyclic amines) is 1. The lowest BCUT2D eigenvalue weighted by molar-refractivity contribution is -0.131. The normalized spacial score (nSPS) is 19.4. The van der Waals surface area contributed by atoms with Gasteiger partial charge >= 0.3 is 0 Å². The largest absolute Gasteiger partial charge is 0.457 e. The van der Waals surface area contributed by atoms with Crippen molar-refractivity contribution in [3.05, 3.63) is 42.2 Å². The van der Waals surface area contributed by atoms with Gasteiger partial charge in [0, 0.05) is 18.0 Å². The molecule has 0 saturated carbocycles. The van der Waals surface area contributed by atoms with Gasteiger partial charge in [-0.05, 0) is 44.9 Å². The minimum Gasteiger partial charge on any atom is -0.457 e. The second kappa shape index (κ2) is 5.61. The van der Waals surface area contributed by atoms with Crippen molar-refractivity contribution in [3.63, 3.8) is 0 Å². The van der Waals surface area contributed by atoms with E-state index >= 15 is 0 Å². The molecule has 1 amide bonds. The molecule has 4 nitrogen and oxygen atoms in total. The van der Waals surface area contributed by atoms with Crippen molar-refractivity contribution in [2.24, 2.45) is 0 Å². The Morgan fingerprint density at radius 3 is 2.91 bits per heavy atom. The highest BCUT2D eigenvalue weighted by atomic mass is 16.3. The Bertz CT molecular complexity index is 675. The van der Waals surface area contributed by atoms with Gasteiger partial charge in [0.15, 0.2) is 0 Å². The third-order valence-electron chi connectivity index (χ3n) is 4.19. The molecule has 1 atom stereocenters. The summed E-state index contributed by atoms with van der Waals surface area (Å²) in [7, 11) is 0. The number of fused-ring (bicyclic) bond motifs is 1. The summed E-state index contributed by atoms with van der Waals surface area (Å²) in [5, 5.41) is 11.2. The SMILES string of the molecule is CC(C)(O)C1CCCN1C(=O)/C=C/c1cc2ccccc2o1. The summed E-state index contributed by atoms with van der Waals surface area (Å²) in [6.07, 6.45) is 5.00. The Balaban J connectivity index is 1.75. The molecule has 1 saturated heterocycles. The number of rotatable bonds is 3. The zero-order valence-electron chi connectivity index (χ0n) is 13.0. The first-order chi connectivity index (χ1) is 10.4. The molecular weight excluding hydrogens is 278 g/mol. The zero-order chi connectivity index (χ0) is 15.7. The lowest BCUT2D eigenvalue weighted by Gasteiger charge is -2.33. The third-order valence-corrected chi connectivity index (χ3v) is 4.19. The van der Waals surface area contributed by atoms with Gasteiger partial charge in [0.1, 0.15) is 11.3 Å². The van der Waals surface area contributed by atoms with Crippen LogP contribution in [0.25, 0.3) is 17.0 Å². The Morgan fingerprint density at radius 2 is 2.18 bits per heavy atom. The molecule has 1 aliphatic rings. The average molecular weight is 299 g/mol. The van der Waals surface area contributed by atoms with Crippen LogP contribution in [0.5, 0.6) is 0 Å². The first-order valence-corrected chi connectivity index (χ1v) is 7.65. The van der Waals surface area contributed by atoms with Crippen molar-refractivity contribution < 1.29 is 14.3 Å². The molecule has 0 spiro atoms. The molecule has 0 radical (unpaired) electrons. The molecule has 3 rings (SSSR count). The number of furan rings is 1. The molecule has 4 heteroatoms. The number of benzene rings is 1. The fourth-order valence-corrected chi connectivity index (χ4v) is 3.10. The molecule has 1 unspecified atom stereocenters. The van der Waals surface area contributed by atoms with Crippen LogP contribution >= 0.6 is 0 Å². The van der Waals surface area contributed by atoms with E-state index in [1.165, 1.54) is 6.08 Å². The van der Waals surface area contributed by atoms with Gasteiger partial charge in [0.05, 0.1) is 11.6 Å². The number of carbonyl (C=O) groups excluding carboxylic acids is 1. The van der Waals surface area contributed by atoms with Crippen molar-refractivity contribution in [1.82, 2.24) is 4.90 Å². The van der Waals surface area contributed by atoms with Gasteiger partial charge in [0.2, 0.25) is 5.91 Å². The van der Waals surface area contributed by atoms with Crippen LogP contribution in [0.3, 0.4) is 0 Å². The van der Waals surface area contributed by atoms with Gasteiger partial charge in [-0.2, -0.15) is 0 Å². The lowest BCUT2D eigenvalue weighted by atomic mass is 9.96. The van der Waals surface area contributed by atoms with Crippen LogP contribution in [0.1, 0.15) is 32.4 Å². The maximum atomic E-state index is 12.4. The fourth-order valence-electron chi connectivity index (χ4n) is 3.10. The number of para-hydroxylation sites is 1. The molecule has 1 aliphatic heterocycles. The maximum Gasteiger partial charge on any atom is 0.247 e. The molecule has 22 heavy (non-hydrogen) atoms. The summed E-state index contributed by atoms with van der Waals surface area (Å²) in [5.41, 5.74) is -0.0653. The van der Waals surface area contributed by atoms with E-state index in [4.69, 9.17) is 4.42 Å². The smallest absolute Gasteiger partial charge is 0.247 e. The predicted octanol–water partition coefficient (Wildman–Crippen LogP) is 3.21. The molecule has 2 aromatic rings. The molecule has 0 bridgehead atoms. The van der Waals surface area contributed by atoms with Gasteiger partial charge in [-0.15, -0.1) is 0 Å². The van der Waals surface area contributed by atoms with E-state index in [2.05, 4.69) is 0 Å². The first-order valence-electron chi connectivity index (χ1n) is 7.65. The first kappa shape index (κ1) is 14.9. The van der Waals surface area contributed by atoms with Crippen LogP contribution in [0.15, 0.2) is 40.8 Å². The highest BCUT2D eigenvalue weighted by Gasteiger charge is 2.37. The lowest BCUT2D eigenvalue weighted by Crippen LogP contribution is -2.47. The van der Waals surface area contributed by atoms with Crippen LogP contribution < -0.4 is 0 Å².